The SMILES string of the molecule is C[C@H](O)[C@H](N)c1cccc(C(F)(F)F)c1F. The topological polar surface area (TPSA) is 46.2 Å². The minimum absolute atomic E-state index is 0.343. The van der Waals surface area contributed by atoms with Gasteiger partial charge in [0.2, 0.25) is 0 Å². The van der Waals surface area contributed by atoms with Crippen molar-refractivity contribution >= 4 is 0 Å². The van der Waals surface area contributed by atoms with Crippen LogP contribution in [-0.4, -0.2) is 11.2 Å². The van der Waals surface area contributed by atoms with Gasteiger partial charge in [0.15, 0.2) is 0 Å². The zero-order valence-electron chi connectivity index (χ0n) is 8.42. The lowest BCUT2D eigenvalue weighted by atomic mass is 10.00. The minimum Gasteiger partial charge on any atom is -0.391 e. The zero-order valence-corrected chi connectivity index (χ0v) is 8.42. The molecular weight excluding hydrogens is 226 g/mol. The average molecular weight is 237 g/mol. The minimum atomic E-state index is -4.77. The number of hydrogen-bond acceptors (Lipinski definition) is 2. The standard InChI is InChI=1S/C10H11F4NO/c1-5(16)9(15)6-3-2-4-7(8(6)11)10(12,13)14/h2-5,9,16H,15H2,1H3/t5-,9-/m0/s1. The molecule has 0 aliphatic rings. The van der Waals surface area contributed by atoms with Crippen molar-refractivity contribution in [1.82, 2.24) is 0 Å². The first-order valence-electron chi connectivity index (χ1n) is 4.54. The maximum atomic E-state index is 13.5. The molecule has 0 saturated heterocycles. The number of nitrogens with two attached hydrogens (primary N) is 1. The quantitative estimate of drug-likeness (QED) is 0.775. The van der Waals surface area contributed by atoms with Gasteiger partial charge >= 0.3 is 6.18 Å². The third kappa shape index (κ3) is 2.51. The normalized spacial score (nSPS) is 15.9. The van der Waals surface area contributed by atoms with Crippen LogP contribution in [0.2, 0.25) is 0 Å². The molecule has 6 heteroatoms. The average Bonchev–Trinajstić information content (AvgIpc) is 2.15. The maximum absolute atomic E-state index is 13.5. The molecule has 1 rings (SSSR count). The molecule has 0 aliphatic carbocycles. The monoisotopic (exact) mass is 237 g/mol. The third-order valence-electron chi connectivity index (χ3n) is 2.21. The summed E-state index contributed by atoms with van der Waals surface area (Å²) >= 11 is 0. The van der Waals surface area contributed by atoms with Crippen LogP contribution in [0.25, 0.3) is 0 Å². The van der Waals surface area contributed by atoms with Crippen molar-refractivity contribution in [1.29, 1.82) is 0 Å². The van der Waals surface area contributed by atoms with Gasteiger partial charge in [0.1, 0.15) is 5.82 Å². The summed E-state index contributed by atoms with van der Waals surface area (Å²) < 4.78 is 50.5. The van der Waals surface area contributed by atoms with E-state index in [-0.39, 0.29) is 5.56 Å². The van der Waals surface area contributed by atoms with Gasteiger partial charge in [0.25, 0.3) is 0 Å². The second-order valence-corrected chi connectivity index (χ2v) is 3.47. The summed E-state index contributed by atoms with van der Waals surface area (Å²) in [4.78, 5) is 0. The van der Waals surface area contributed by atoms with Crippen molar-refractivity contribution in [3.8, 4) is 0 Å². The molecular formula is C10H11F4NO. The van der Waals surface area contributed by atoms with E-state index in [9.17, 15) is 17.6 Å². The zero-order chi connectivity index (χ0) is 12.5. The van der Waals surface area contributed by atoms with Gasteiger partial charge in [0.05, 0.1) is 17.7 Å². The van der Waals surface area contributed by atoms with Gasteiger partial charge in [0, 0.05) is 5.56 Å². The van der Waals surface area contributed by atoms with Gasteiger partial charge in [-0.3, -0.25) is 0 Å². The number of hydrogen-bond donors (Lipinski definition) is 2. The Hall–Kier alpha value is -1.14. The second kappa shape index (κ2) is 4.39. The smallest absolute Gasteiger partial charge is 0.391 e. The fourth-order valence-electron chi connectivity index (χ4n) is 1.29. The number of halogens is 4. The lowest BCUT2D eigenvalue weighted by molar-refractivity contribution is -0.140. The van der Waals surface area contributed by atoms with Crippen molar-refractivity contribution in [2.75, 3.05) is 0 Å². The van der Waals surface area contributed by atoms with Crippen LogP contribution in [0, 0.1) is 5.82 Å². The Morgan fingerprint density at radius 1 is 1.31 bits per heavy atom. The largest absolute Gasteiger partial charge is 0.419 e. The van der Waals surface area contributed by atoms with Crippen molar-refractivity contribution in [2.24, 2.45) is 5.73 Å². The first kappa shape index (κ1) is 12.9. The van der Waals surface area contributed by atoms with Crippen LogP contribution in [0.15, 0.2) is 18.2 Å². The second-order valence-electron chi connectivity index (χ2n) is 3.47. The lowest BCUT2D eigenvalue weighted by Crippen LogP contribution is -2.25. The van der Waals surface area contributed by atoms with Crippen LogP contribution in [0.4, 0.5) is 17.6 Å². The Labute approximate surface area is 89.7 Å². The van der Waals surface area contributed by atoms with Gasteiger partial charge in [-0.15, -0.1) is 0 Å². The molecule has 0 unspecified atom stereocenters. The number of alkyl halides is 3. The molecule has 0 aromatic heterocycles. The van der Waals surface area contributed by atoms with Crippen molar-refractivity contribution < 1.29 is 22.7 Å². The van der Waals surface area contributed by atoms with Crippen molar-refractivity contribution in [3.05, 3.63) is 35.1 Å². The highest BCUT2D eigenvalue weighted by molar-refractivity contribution is 5.30. The molecule has 16 heavy (non-hydrogen) atoms. The fourth-order valence-corrected chi connectivity index (χ4v) is 1.29. The summed E-state index contributed by atoms with van der Waals surface area (Å²) in [6, 6.07) is 1.64. The summed E-state index contributed by atoms with van der Waals surface area (Å²) in [5, 5.41) is 9.12. The molecule has 1 aromatic carbocycles. The fraction of sp³-hybridized carbons (Fsp3) is 0.400. The van der Waals surface area contributed by atoms with Crippen LogP contribution in [0.1, 0.15) is 24.1 Å². The molecule has 0 bridgehead atoms. The van der Waals surface area contributed by atoms with Crippen LogP contribution < -0.4 is 5.73 Å². The number of rotatable bonds is 2. The molecule has 3 N–H and O–H groups in total. The van der Waals surface area contributed by atoms with Crippen LogP contribution >= 0.6 is 0 Å². The Bertz CT molecular complexity index is 376. The van der Waals surface area contributed by atoms with E-state index >= 15 is 0 Å². The summed E-state index contributed by atoms with van der Waals surface area (Å²) in [6.45, 7) is 1.28. The van der Waals surface area contributed by atoms with Crippen LogP contribution in [-0.2, 0) is 6.18 Å². The van der Waals surface area contributed by atoms with Crippen LogP contribution in [0.3, 0.4) is 0 Å². The van der Waals surface area contributed by atoms with E-state index < -0.39 is 29.7 Å². The van der Waals surface area contributed by atoms with E-state index in [1.165, 1.54) is 6.92 Å². The summed E-state index contributed by atoms with van der Waals surface area (Å²) in [5.41, 5.74) is 3.68. The van der Waals surface area contributed by atoms with Crippen molar-refractivity contribution in [2.45, 2.75) is 25.2 Å². The lowest BCUT2D eigenvalue weighted by Gasteiger charge is -2.18. The molecule has 2 nitrogen and oxygen atoms in total. The Morgan fingerprint density at radius 3 is 2.31 bits per heavy atom. The highest BCUT2D eigenvalue weighted by atomic mass is 19.4. The molecule has 0 radical (unpaired) electrons. The molecule has 2 atom stereocenters. The first-order chi connectivity index (χ1) is 7.25. The first-order valence-corrected chi connectivity index (χ1v) is 4.54. The Morgan fingerprint density at radius 2 is 1.88 bits per heavy atom. The van der Waals surface area contributed by atoms with E-state index in [1.54, 1.807) is 0 Å². The van der Waals surface area contributed by atoms with E-state index in [4.69, 9.17) is 10.8 Å². The van der Waals surface area contributed by atoms with Gasteiger partial charge in [-0.25, -0.2) is 4.39 Å². The predicted octanol–water partition coefficient (Wildman–Crippen LogP) is 2.23. The third-order valence-corrected chi connectivity index (χ3v) is 2.21. The number of aliphatic hydroxyl groups is 1. The van der Waals surface area contributed by atoms with E-state index in [1.807, 2.05) is 0 Å². The molecule has 0 saturated carbocycles. The Kier molecular flexibility index (Phi) is 3.54. The van der Waals surface area contributed by atoms with Gasteiger partial charge in [-0.2, -0.15) is 13.2 Å². The molecule has 0 fully saturated rings. The number of benzene rings is 1. The maximum Gasteiger partial charge on any atom is 0.419 e. The summed E-state index contributed by atoms with van der Waals surface area (Å²) in [7, 11) is 0. The van der Waals surface area contributed by atoms with Crippen LogP contribution in [0.5, 0.6) is 0 Å². The molecule has 0 aliphatic heterocycles. The highest BCUT2D eigenvalue weighted by Crippen LogP contribution is 2.33. The summed E-state index contributed by atoms with van der Waals surface area (Å²) in [5.74, 6) is -1.43. The molecule has 0 spiro atoms. The van der Waals surface area contributed by atoms with Gasteiger partial charge < -0.3 is 10.8 Å². The van der Waals surface area contributed by atoms with E-state index in [0.29, 0.717) is 6.07 Å². The Balaban J connectivity index is 3.24. The molecule has 90 valence electrons. The van der Waals surface area contributed by atoms with E-state index in [2.05, 4.69) is 0 Å². The highest BCUT2D eigenvalue weighted by Gasteiger charge is 2.35. The van der Waals surface area contributed by atoms with E-state index in [0.717, 1.165) is 12.1 Å². The predicted molar refractivity (Wildman–Crippen MR) is 50.0 cm³/mol. The van der Waals surface area contributed by atoms with Gasteiger partial charge in [-0.1, -0.05) is 12.1 Å². The molecule has 0 heterocycles. The van der Waals surface area contributed by atoms with Crippen molar-refractivity contribution in [3.63, 3.8) is 0 Å². The van der Waals surface area contributed by atoms with Gasteiger partial charge in [-0.05, 0) is 13.0 Å². The molecule has 1 aromatic rings. The summed E-state index contributed by atoms with van der Waals surface area (Å²) in [6.07, 6.45) is -5.89. The molecule has 0 amide bonds. The number of aliphatic hydroxyl groups excluding tert-OH is 1.